The maximum Gasteiger partial charge on any atom is 0.407 e. The van der Waals surface area contributed by atoms with Gasteiger partial charge in [-0.1, -0.05) is 63.2 Å². The van der Waals surface area contributed by atoms with E-state index >= 15 is 0 Å². The molecule has 2 aromatic carbocycles. The third-order valence-corrected chi connectivity index (χ3v) is 7.67. The van der Waals surface area contributed by atoms with Gasteiger partial charge in [-0.25, -0.2) is 4.79 Å². The lowest BCUT2D eigenvalue weighted by molar-refractivity contribution is -0.136. The second-order valence-corrected chi connectivity index (χ2v) is 12.5. The molecular weight excluding hydrogens is 518 g/mol. The summed E-state index contributed by atoms with van der Waals surface area (Å²) in [5.41, 5.74) is 1.24. The highest BCUT2D eigenvalue weighted by atomic mass is 32.2. The zero-order valence-corrected chi connectivity index (χ0v) is 23.1. The minimum Gasteiger partial charge on any atom is -0.497 e. The molecule has 9 nitrogen and oxygen atoms in total. The summed E-state index contributed by atoms with van der Waals surface area (Å²) in [5, 5.41) is 11.4. The molecule has 0 saturated carbocycles. The Morgan fingerprint density at radius 1 is 1.03 bits per heavy atom. The molecule has 0 unspecified atom stereocenters. The van der Waals surface area contributed by atoms with Gasteiger partial charge in [-0.15, -0.1) is 11.8 Å². The molecule has 0 radical (unpaired) electrons. The number of benzene rings is 2. The Bertz CT molecular complexity index is 1100. The van der Waals surface area contributed by atoms with Crippen LogP contribution in [0.5, 0.6) is 5.75 Å². The summed E-state index contributed by atoms with van der Waals surface area (Å²) < 4.78 is 40.5. The Hall–Kier alpha value is -2.76. The maximum absolute atomic E-state index is 12.6. The molecule has 1 amide bonds. The molecule has 2 atom stereocenters. The normalized spacial score (nSPS) is 13.4. The van der Waals surface area contributed by atoms with Gasteiger partial charge in [0.2, 0.25) is 0 Å². The Balaban J connectivity index is 2.12. The smallest absolute Gasteiger partial charge is 0.407 e. The molecule has 0 aliphatic rings. The van der Waals surface area contributed by atoms with Crippen molar-refractivity contribution in [3.8, 4) is 5.75 Å². The second-order valence-electron chi connectivity index (χ2n) is 9.60. The van der Waals surface area contributed by atoms with Crippen molar-refractivity contribution in [3.63, 3.8) is 0 Å². The number of carboxylic acid groups (broad SMARTS) is 1. The van der Waals surface area contributed by atoms with Crippen molar-refractivity contribution in [1.82, 2.24) is 5.32 Å². The number of carbonyl (C=O) groups is 2. The van der Waals surface area contributed by atoms with E-state index in [1.165, 1.54) is 0 Å². The van der Waals surface area contributed by atoms with Gasteiger partial charge in [0.15, 0.2) is 0 Å². The van der Waals surface area contributed by atoms with E-state index in [4.69, 9.17) is 13.7 Å². The number of rotatable bonds is 14. The molecule has 2 aromatic rings. The van der Waals surface area contributed by atoms with Gasteiger partial charge >= 0.3 is 12.1 Å². The molecule has 2 N–H and O–H groups in total. The van der Waals surface area contributed by atoms with Gasteiger partial charge in [-0.2, -0.15) is 8.42 Å². The molecule has 204 valence electrons. The summed E-state index contributed by atoms with van der Waals surface area (Å²) in [6, 6.07) is 15.1. The van der Waals surface area contributed by atoms with Gasteiger partial charge in [-0.3, -0.25) is 8.98 Å². The fraction of sp³-hybridized carbons (Fsp3) is 0.462. The van der Waals surface area contributed by atoms with E-state index in [1.54, 1.807) is 43.5 Å². The number of alkyl carbamates (subject to hydrolysis) is 1. The summed E-state index contributed by atoms with van der Waals surface area (Å²) >= 11 is 1.08. The lowest BCUT2D eigenvalue weighted by atomic mass is 9.99. The van der Waals surface area contributed by atoms with Crippen LogP contribution in [0, 0.1) is 5.41 Å². The molecule has 37 heavy (non-hydrogen) atoms. The fourth-order valence-corrected chi connectivity index (χ4v) is 5.42. The van der Waals surface area contributed by atoms with Gasteiger partial charge in [-0.05, 0) is 35.1 Å². The van der Waals surface area contributed by atoms with E-state index in [0.717, 1.165) is 22.9 Å². The Morgan fingerprint density at radius 3 is 2.24 bits per heavy atom. The lowest BCUT2D eigenvalue weighted by Gasteiger charge is -2.25. The Labute approximate surface area is 223 Å². The quantitative estimate of drug-likeness (QED) is 0.326. The van der Waals surface area contributed by atoms with E-state index in [2.05, 4.69) is 5.32 Å². The van der Waals surface area contributed by atoms with Gasteiger partial charge in [0.05, 0.1) is 25.5 Å². The summed E-state index contributed by atoms with van der Waals surface area (Å²) in [6.45, 7) is 5.49. The van der Waals surface area contributed by atoms with Gasteiger partial charge in [0.25, 0.3) is 10.1 Å². The highest BCUT2D eigenvalue weighted by Crippen LogP contribution is 2.25. The van der Waals surface area contributed by atoms with E-state index in [9.17, 15) is 23.1 Å². The summed E-state index contributed by atoms with van der Waals surface area (Å²) in [7, 11) is -2.39. The average Bonchev–Trinajstić information content (AvgIpc) is 2.85. The van der Waals surface area contributed by atoms with Crippen molar-refractivity contribution in [2.24, 2.45) is 5.41 Å². The van der Waals surface area contributed by atoms with Gasteiger partial charge < -0.3 is 19.9 Å². The predicted molar refractivity (Wildman–Crippen MR) is 143 cm³/mol. The largest absolute Gasteiger partial charge is 0.497 e. The molecule has 0 bridgehead atoms. The molecule has 0 aliphatic heterocycles. The minimum absolute atomic E-state index is 0.0108. The first-order valence-corrected chi connectivity index (χ1v) is 14.3. The van der Waals surface area contributed by atoms with Crippen molar-refractivity contribution in [3.05, 3.63) is 65.7 Å². The fourth-order valence-electron chi connectivity index (χ4n) is 3.08. The van der Waals surface area contributed by atoms with Crippen LogP contribution < -0.4 is 10.1 Å². The number of thioether (sulfide) groups is 1. The molecule has 0 fully saturated rings. The first-order valence-electron chi connectivity index (χ1n) is 11.7. The van der Waals surface area contributed by atoms with Crippen molar-refractivity contribution in [2.45, 2.75) is 50.8 Å². The van der Waals surface area contributed by atoms with Crippen LogP contribution in [0.3, 0.4) is 0 Å². The van der Waals surface area contributed by atoms with E-state index in [0.29, 0.717) is 11.5 Å². The monoisotopic (exact) mass is 553 g/mol. The van der Waals surface area contributed by atoms with E-state index in [1.807, 2.05) is 39.0 Å². The maximum atomic E-state index is 12.6. The van der Waals surface area contributed by atoms with Crippen LogP contribution >= 0.6 is 11.8 Å². The number of amides is 1. The van der Waals surface area contributed by atoms with Crippen LogP contribution in [0.2, 0.25) is 0 Å². The van der Waals surface area contributed by atoms with Crippen LogP contribution in [0.4, 0.5) is 4.79 Å². The number of hydrogen-bond donors (Lipinski definition) is 2. The molecule has 0 spiro atoms. The topological polar surface area (TPSA) is 128 Å². The van der Waals surface area contributed by atoms with Crippen LogP contribution in [-0.2, 0) is 36.2 Å². The van der Waals surface area contributed by atoms with Crippen molar-refractivity contribution in [1.29, 1.82) is 0 Å². The Kier molecular flexibility index (Phi) is 11.7. The highest BCUT2D eigenvalue weighted by Gasteiger charge is 2.32. The van der Waals surface area contributed by atoms with Crippen LogP contribution in [-0.4, -0.2) is 56.3 Å². The van der Waals surface area contributed by atoms with Crippen LogP contribution in [0.15, 0.2) is 54.6 Å². The van der Waals surface area contributed by atoms with Crippen molar-refractivity contribution < 1.29 is 36.8 Å². The zero-order valence-electron chi connectivity index (χ0n) is 21.5. The number of nitrogens with one attached hydrogen (secondary N) is 1. The third-order valence-electron chi connectivity index (χ3n) is 5.06. The summed E-state index contributed by atoms with van der Waals surface area (Å²) in [4.78, 5) is 24.7. The average molecular weight is 554 g/mol. The van der Waals surface area contributed by atoms with Crippen LogP contribution in [0.25, 0.3) is 0 Å². The number of ether oxygens (including phenoxy) is 2. The first kappa shape index (κ1) is 30.5. The first-order chi connectivity index (χ1) is 17.4. The summed E-state index contributed by atoms with van der Waals surface area (Å²) in [6.07, 6.45) is -1.00. The highest BCUT2D eigenvalue weighted by molar-refractivity contribution is 7.99. The Morgan fingerprint density at radius 2 is 1.68 bits per heavy atom. The molecule has 0 saturated heterocycles. The molecule has 2 rings (SSSR count). The van der Waals surface area contributed by atoms with E-state index < -0.39 is 39.2 Å². The standard InChI is InChI=1S/C26H35NO8S2/c1-26(2,3)18-35-37(31,32)15-14-22(27-25(30)34-16-19-8-6-5-7-9-19)23(24(28)29)36-17-20-10-12-21(33-4)13-11-20/h5-13,22-23H,14-18H2,1-4H3,(H,27,30)(H,28,29)/t22-,23+/m0/s1. The lowest BCUT2D eigenvalue weighted by Crippen LogP contribution is -2.46. The van der Waals surface area contributed by atoms with Gasteiger partial charge in [0, 0.05) is 5.75 Å². The number of aliphatic carboxylic acids is 1. The molecular formula is C26H35NO8S2. The predicted octanol–water partition coefficient (Wildman–Crippen LogP) is 4.46. The summed E-state index contributed by atoms with van der Waals surface area (Å²) in [5.74, 6) is -0.644. The molecule has 0 heterocycles. The SMILES string of the molecule is COc1ccc(CS[C@@H](C(=O)O)[C@H](CCS(=O)(=O)OCC(C)(C)C)NC(=O)OCc2ccccc2)cc1. The van der Waals surface area contributed by atoms with Crippen molar-refractivity contribution >= 4 is 33.9 Å². The number of hydrogen-bond acceptors (Lipinski definition) is 8. The molecule has 0 aliphatic carbocycles. The zero-order chi connectivity index (χ0) is 27.5. The molecule has 0 aromatic heterocycles. The second kappa shape index (κ2) is 14.3. The minimum atomic E-state index is -3.94. The number of methoxy groups -OCH3 is 1. The van der Waals surface area contributed by atoms with Crippen LogP contribution in [0.1, 0.15) is 38.3 Å². The number of carbonyl (C=O) groups excluding carboxylic acids is 1. The van der Waals surface area contributed by atoms with Crippen molar-refractivity contribution in [2.75, 3.05) is 19.5 Å². The third kappa shape index (κ3) is 11.9. The number of carboxylic acids is 1. The van der Waals surface area contributed by atoms with Gasteiger partial charge in [0.1, 0.15) is 17.6 Å². The molecule has 11 heteroatoms. The van der Waals surface area contributed by atoms with E-state index in [-0.39, 0.29) is 25.0 Å².